The van der Waals surface area contributed by atoms with Gasteiger partial charge in [-0.1, -0.05) is 19.8 Å². The lowest BCUT2D eigenvalue weighted by Gasteiger charge is -2.10. The lowest BCUT2D eigenvalue weighted by molar-refractivity contribution is 0.0952. The van der Waals surface area contributed by atoms with Crippen LogP contribution in [0.4, 0.5) is 5.69 Å². The fourth-order valence-electron chi connectivity index (χ4n) is 1.81. The largest absolute Gasteiger partial charge is 0.456 e. The van der Waals surface area contributed by atoms with E-state index in [4.69, 9.17) is 13.5 Å². The quantitative estimate of drug-likeness (QED) is 0.468. The first-order valence-electron chi connectivity index (χ1n) is 6.32. The molecule has 0 aliphatic heterocycles. The van der Waals surface area contributed by atoms with Crippen LogP contribution in [-0.4, -0.2) is 37.0 Å². The molecule has 0 bridgehead atoms. The van der Waals surface area contributed by atoms with Gasteiger partial charge in [-0.05, 0) is 13.3 Å². The highest BCUT2D eigenvalue weighted by Crippen LogP contribution is 2.24. The molecule has 1 aromatic rings. The fourth-order valence-corrected chi connectivity index (χ4v) is 3.14. The number of furan rings is 1. The second-order valence-corrected chi connectivity index (χ2v) is 7.42. The topological polar surface area (TPSA) is 151 Å². The first kappa shape index (κ1) is 18.6. The Kier molecular flexibility index (Phi) is 5.73. The van der Waals surface area contributed by atoms with Gasteiger partial charge < -0.3 is 4.42 Å². The van der Waals surface area contributed by atoms with E-state index in [1.807, 2.05) is 0 Å². The number of ketones is 1. The van der Waals surface area contributed by atoms with Gasteiger partial charge in [0.05, 0.1) is 5.69 Å². The van der Waals surface area contributed by atoms with Gasteiger partial charge in [-0.3, -0.25) is 18.6 Å². The Balaban J connectivity index is 3.13. The van der Waals surface area contributed by atoms with E-state index in [-0.39, 0.29) is 17.9 Å². The Morgan fingerprint density at radius 1 is 1.32 bits per heavy atom. The molecule has 9 nitrogen and oxygen atoms in total. The number of rotatable bonds is 8. The second kappa shape index (κ2) is 6.77. The molecule has 1 aromatic heterocycles. The molecule has 1 rings (SSSR count). The Hall–Kier alpha value is -1.43. The van der Waals surface area contributed by atoms with Gasteiger partial charge in [-0.25, -0.2) is 0 Å². The van der Waals surface area contributed by atoms with E-state index in [1.165, 1.54) is 6.92 Å². The zero-order chi connectivity index (χ0) is 17.1. The third-order valence-electron chi connectivity index (χ3n) is 2.87. The summed E-state index contributed by atoms with van der Waals surface area (Å²) in [6, 6.07) is 0.954. The van der Waals surface area contributed by atoms with Crippen molar-refractivity contribution in [1.29, 1.82) is 0 Å². The van der Waals surface area contributed by atoms with Crippen LogP contribution in [-0.2, 0) is 20.4 Å². The highest BCUT2D eigenvalue weighted by molar-refractivity contribution is 7.87. The minimum Gasteiger partial charge on any atom is -0.456 e. The summed E-state index contributed by atoms with van der Waals surface area (Å²) in [5.41, 5.74) is -0.199. The molecule has 1 heterocycles. The second-order valence-electron chi connectivity index (χ2n) is 4.67. The van der Waals surface area contributed by atoms with Crippen LogP contribution >= 0.6 is 0 Å². The molecular weight excluding hydrogens is 338 g/mol. The lowest BCUT2D eigenvalue weighted by atomic mass is 10.1. The lowest BCUT2D eigenvalue weighted by Crippen LogP contribution is -2.29. The van der Waals surface area contributed by atoms with Crippen LogP contribution in [0.3, 0.4) is 0 Å². The van der Waals surface area contributed by atoms with Crippen LogP contribution in [0.1, 0.15) is 42.5 Å². The predicted molar refractivity (Wildman–Crippen MR) is 77.8 cm³/mol. The van der Waals surface area contributed by atoms with Crippen molar-refractivity contribution in [2.24, 2.45) is 0 Å². The molecule has 0 amide bonds. The van der Waals surface area contributed by atoms with Crippen LogP contribution in [0.2, 0.25) is 0 Å². The van der Waals surface area contributed by atoms with E-state index in [1.54, 1.807) is 11.6 Å². The summed E-state index contributed by atoms with van der Waals surface area (Å²) >= 11 is 0. The number of nitrogens with one attached hydrogen (secondary N) is 1. The molecule has 0 aromatic carbocycles. The summed E-state index contributed by atoms with van der Waals surface area (Å²) in [5.74, 6) is -1.45. The molecule has 0 fully saturated rings. The Labute approximate surface area is 128 Å². The minimum absolute atomic E-state index is 0.0365. The number of anilines is 1. The van der Waals surface area contributed by atoms with E-state index in [0.717, 1.165) is 6.07 Å². The molecule has 0 spiro atoms. The number of carbonyl (C=O) groups is 1. The summed E-state index contributed by atoms with van der Waals surface area (Å²) in [4.78, 5) is 12.2. The summed E-state index contributed by atoms with van der Waals surface area (Å²) in [6.45, 7) is 3.11. The van der Waals surface area contributed by atoms with Gasteiger partial charge in [0, 0.05) is 6.07 Å². The Bertz CT molecular complexity index is 747. The van der Waals surface area contributed by atoms with Crippen molar-refractivity contribution in [2.75, 3.05) is 4.72 Å². The minimum atomic E-state index is -4.62. The maximum absolute atomic E-state index is 12.2. The van der Waals surface area contributed by atoms with Gasteiger partial charge in [0.2, 0.25) is 5.78 Å². The molecule has 0 aliphatic carbocycles. The molecular formula is C11H17NO8S2. The standard InChI is InChI=1S/C11H17NO8S2/c1-3-4-5-10(21(14,15)16)11(13)9-6-8(7(2)20-9)12-22(17,18)19/h6,10,12H,3-5H2,1-2H3,(H,14,15,16)(H,17,18,19). The number of Topliss-reactive ketones (excluding diaryl/α,β-unsaturated/α-hetero) is 1. The maximum atomic E-state index is 12.2. The van der Waals surface area contributed by atoms with Crippen molar-refractivity contribution in [3.63, 3.8) is 0 Å². The first-order chi connectivity index (χ1) is 9.95. The number of hydrogen-bond acceptors (Lipinski definition) is 6. The van der Waals surface area contributed by atoms with Crippen molar-refractivity contribution in [3.8, 4) is 0 Å². The summed E-state index contributed by atoms with van der Waals surface area (Å²) in [5, 5.41) is -1.68. The van der Waals surface area contributed by atoms with Gasteiger partial charge in [0.15, 0.2) is 11.0 Å². The van der Waals surface area contributed by atoms with Gasteiger partial charge in [-0.2, -0.15) is 16.8 Å². The zero-order valence-corrected chi connectivity index (χ0v) is 13.6. The molecule has 1 unspecified atom stereocenters. The number of hydrogen-bond donors (Lipinski definition) is 3. The van der Waals surface area contributed by atoms with E-state index in [2.05, 4.69) is 0 Å². The fraction of sp³-hybridized carbons (Fsp3) is 0.545. The monoisotopic (exact) mass is 355 g/mol. The number of unbranched alkanes of at least 4 members (excludes halogenated alkanes) is 1. The number of aryl methyl sites for hydroxylation is 1. The SMILES string of the molecule is CCCCC(C(=O)c1cc(NS(=O)(=O)O)c(C)o1)S(=O)(=O)O. The van der Waals surface area contributed by atoms with Gasteiger partial charge in [0.1, 0.15) is 5.76 Å². The Morgan fingerprint density at radius 3 is 2.36 bits per heavy atom. The molecule has 126 valence electrons. The molecule has 0 saturated carbocycles. The molecule has 22 heavy (non-hydrogen) atoms. The molecule has 11 heteroatoms. The van der Waals surface area contributed by atoms with E-state index in [9.17, 15) is 21.6 Å². The highest BCUT2D eigenvalue weighted by Gasteiger charge is 2.33. The highest BCUT2D eigenvalue weighted by atomic mass is 32.2. The van der Waals surface area contributed by atoms with E-state index in [0.29, 0.717) is 12.8 Å². The predicted octanol–water partition coefficient (Wildman–Crippen LogP) is 1.43. The Morgan fingerprint density at radius 2 is 1.91 bits per heavy atom. The average molecular weight is 355 g/mol. The third kappa shape index (κ3) is 5.09. The molecule has 0 aliphatic rings. The van der Waals surface area contributed by atoms with Gasteiger partial charge >= 0.3 is 10.3 Å². The third-order valence-corrected chi connectivity index (χ3v) is 4.52. The first-order valence-corrected chi connectivity index (χ1v) is 9.26. The normalized spacial score (nSPS) is 13.8. The van der Waals surface area contributed by atoms with Crippen LogP contribution in [0, 0.1) is 6.92 Å². The van der Waals surface area contributed by atoms with Crippen LogP contribution in [0.25, 0.3) is 0 Å². The van der Waals surface area contributed by atoms with Crippen molar-refractivity contribution in [2.45, 2.75) is 38.4 Å². The average Bonchev–Trinajstić information content (AvgIpc) is 2.67. The van der Waals surface area contributed by atoms with Gasteiger partial charge in [-0.15, -0.1) is 0 Å². The van der Waals surface area contributed by atoms with Crippen molar-refractivity contribution >= 4 is 31.9 Å². The van der Waals surface area contributed by atoms with E-state index >= 15 is 0 Å². The summed E-state index contributed by atoms with van der Waals surface area (Å²) in [7, 11) is -9.18. The van der Waals surface area contributed by atoms with Crippen LogP contribution in [0.5, 0.6) is 0 Å². The number of carbonyl (C=O) groups excluding carboxylic acids is 1. The van der Waals surface area contributed by atoms with Crippen molar-refractivity contribution in [1.82, 2.24) is 0 Å². The van der Waals surface area contributed by atoms with Gasteiger partial charge in [0.25, 0.3) is 10.1 Å². The molecule has 0 radical (unpaired) electrons. The molecule has 3 N–H and O–H groups in total. The van der Waals surface area contributed by atoms with E-state index < -0.39 is 37.2 Å². The molecule has 1 atom stereocenters. The van der Waals surface area contributed by atoms with Crippen LogP contribution in [0.15, 0.2) is 10.5 Å². The van der Waals surface area contributed by atoms with Crippen molar-refractivity contribution in [3.05, 3.63) is 17.6 Å². The summed E-state index contributed by atoms with van der Waals surface area (Å²) in [6.07, 6.45) is 0.924. The smallest absolute Gasteiger partial charge is 0.357 e. The van der Waals surface area contributed by atoms with Crippen LogP contribution < -0.4 is 4.72 Å². The summed E-state index contributed by atoms with van der Waals surface area (Å²) < 4.78 is 68.7. The van der Waals surface area contributed by atoms with Crippen molar-refractivity contribution < 1.29 is 35.2 Å². The maximum Gasteiger partial charge on any atom is 0.357 e. The zero-order valence-electron chi connectivity index (χ0n) is 11.9. The molecule has 0 saturated heterocycles.